The minimum absolute atomic E-state index is 0.144. The molecule has 6 nitrogen and oxygen atoms in total. The first-order valence-corrected chi connectivity index (χ1v) is 9.67. The van der Waals surface area contributed by atoms with Gasteiger partial charge >= 0.3 is 0 Å². The number of halogens is 2. The summed E-state index contributed by atoms with van der Waals surface area (Å²) in [4.78, 5) is 19.3. The Kier molecular flexibility index (Phi) is 4.92. The summed E-state index contributed by atoms with van der Waals surface area (Å²) in [5.74, 6) is 0.932. The number of hydrogen-bond acceptors (Lipinski definition) is 5. The van der Waals surface area contributed by atoms with Crippen molar-refractivity contribution in [1.29, 1.82) is 0 Å². The van der Waals surface area contributed by atoms with Gasteiger partial charge in [0.25, 0.3) is 5.91 Å². The van der Waals surface area contributed by atoms with Gasteiger partial charge in [-0.25, -0.2) is 4.98 Å². The minimum atomic E-state index is -0.144. The molecule has 0 aliphatic carbocycles. The van der Waals surface area contributed by atoms with E-state index in [1.807, 2.05) is 12.1 Å². The molecule has 2 aromatic heterocycles. The molecule has 0 atom stereocenters. The number of methoxy groups -OCH3 is 1. The van der Waals surface area contributed by atoms with Gasteiger partial charge in [0, 0.05) is 22.9 Å². The van der Waals surface area contributed by atoms with Gasteiger partial charge in [-0.1, -0.05) is 0 Å². The van der Waals surface area contributed by atoms with Crippen LogP contribution in [-0.2, 0) is 0 Å². The number of ether oxygens (including phenoxy) is 2. The lowest BCUT2D eigenvalue weighted by Crippen LogP contribution is -2.38. The molecule has 3 aromatic rings. The van der Waals surface area contributed by atoms with E-state index in [2.05, 4.69) is 36.8 Å². The van der Waals surface area contributed by atoms with E-state index in [1.54, 1.807) is 42.9 Å². The molecule has 3 heterocycles. The summed E-state index contributed by atoms with van der Waals surface area (Å²) in [6, 6.07) is 7.22. The quantitative estimate of drug-likeness (QED) is 0.518. The van der Waals surface area contributed by atoms with Gasteiger partial charge in [0.2, 0.25) is 5.88 Å². The van der Waals surface area contributed by atoms with Gasteiger partial charge in [0.1, 0.15) is 18.0 Å². The molecule has 1 aliphatic rings. The van der Waals surface area contributed by atoms with Crippen molar-refractivity contribution in [2.45, 2.75) is 0 Å². The van der Waals surface area contributed by atoms with E-state index in [0.29, 0.717) is 45.0 Å². The number of furan rings is 1. The van der Waals surface area contributed by atoms with Gasteiger partial charge in [-0.05, 0) is 56.1 Å². The number of nitrogens with zero attached hydrogens (tertiary/aromatic N) is 2. The van der Waals surface area contributed by atoms with Crippen LogP contribution in [0.5, 0.6) is 11.6 Å². The molecule has 0 spiro atoms. The Morgan fingerprint density at radius 1 is 1.22 bits per heavy atom. The molecule has 0 fully saturated rings. The lowest BCUT2D eigenvalue weighted by atomic mass is 10.1. The summed E-state index contributed by atoms with van der Waals surface area (Å²) in [5.41, 5.74) is 2.89. The predicted molar refractivity (Wildman–Crippen MR) is 108 cm³/mol. The molecule has 0 radical (unpaired) electrons. The zero-order valence-corrected chi connectivity index (χ0v) is 17.4. The number of anilines is 1. The minimum Gasteiger partial charge on any atom is -0.494 e. The second kappa shape index (κ2) is 7.36. The zero-order valence-electron chi connectivity index (χ0n) is 14.2. The topological polar surface area (TPSA) is 64.8 Å². The standard InChI is InChI=1S/C19H14Br2N2O4/c1-25-17-14(20)6-12(7-15(17)21)19(24)23-3-5-27-18-16(23)8-13(9-22-18)11-2-4-26-10-11/h2,4,6-10H,3,5H2,1H3. The highest BCUT2D eigenvalue weighted by Gasteiger charge is 2.27. The maximum Gasteiger partial charge on any atom is 0.258 e. The van der Waals surface area contributed by atoms with Crippen molar-refractivity contribution in [3.8, 4) is 22.8 Å². The maximum atomic E-state index is 13.2. The Labute approximate surface area is 172 Å². The third-order valence-corrected chi connectivity index (χ3v) is 5.40. The molecule has 27 heavy (non-hydrogen) atoms. The number of carbonyl (C=O) groups is 1. The van der Waals surface area contributed by atoms with Crippen LogP contribution in [0.15, 0.2) is 56.4 Å². The largest absolute Gasteiger partial charge is 0.494 e. The Morgan fingerprint density at radius 3 is 2.67 bits per heavy atom. The smallest absolute Gasteiger partial charge is 0.258 e. The number of aromatic nitrogens is 1. The molecule has 4 rings (SSSR count). The van der Waals surface area contributed by atoms with E-state index in [1.165, 1.54) is 0 Å². The third kappa shape index (κ3) is 3.35. The maximum absolute atomic E-state index is 13.2. The second-order valence-electron chi connectivity index (χ2n) is 5.84. The molecule has 1 aliphatic heterocycles. The van der Waals surface area contributed by atoms with Crippen LogP contribution in [0.25, 0.3) is 11.1 Å². The highest BCUT2D eigenvalue weighted by molar-refractivity contribution is 9.11. The van der Waals surface area contributed by atoms with E-state index >= 15 is 0 Å². The highest BCUT2D eigenvalue weighted by atomic mass is 79.9. The molecule has 0 N–H and O–H groups in total. The Bertz CT molecular complexity index is 982. The summed E-state index contributed by atoms with van der Waals surface area (Å²) in [7, 11) is 1.58. The molecule has 0 saturated heterocycles. The summed E-state index contributed by atoms with van der Waals surface area (Å²) in [6.07, 6.45) is 4.94. The van der Waals surface area contributed by atoms with Crippen molar-refractivity contribution >= 4 is 43.5 Å². The lowest BCUT2D eigenvalue weighted by Gasteiger charge is -2.29. The van der Waals surface area contributed by atoms with Gasteiger partial charge in [-0.2, -0.15) is 0 Å². The number of amides is 1. The molecule has 0 unspecified atom stereocenters. The van der Waals surface area contributed by atoms with E-state index in [9.17, 15) is 4.79 Å². The fraction of sp³-hybridized carbons (Fsp3) is 0.158. The zero-order chi connectivity index (χ0) is 19.0. The number of hydrogen-bond donors (Lipinski definition) is 0. The Hall–Kier alpha value is -2.32. The monoisotopic (exact) mass is 492 g/mol. The Balaban J connectivity index is 1.74. The van der Waals surface area contributed by atoms with E-state index in [0.717, 1.165) is 11.1 Å². The van der Waals surface area contributed by atoms with Crippen molar-refractivity contribution in [1.82, 2.24) is 4.98 Å². The number of rotatable bonds is 3. The molecule has 0 bridgehead atoms. The van der Waals surface area contributed by atoms with Crippen molar-refractivity contribution < 1.29 is 18.7 Å². The number of pyridine rings is 1. The lowest BCUT2D eigenvalue weighted by molar-refractivity contribution is 0.0975. The number of carbonyl (C=O) groups excluding carboxylic acids is 1. The van der Waals surface area contributed by atoms with Crippen LogP contribution >= 0.6 is 31.9 Å². The second-order valence-corrected chi connectivity index (χ2v) is 7.55. The third-order valence-electron chi connectivity index (χ3n) is 4.23. The van der Waals surface area contributed by atoms with Gasteiger partial charge in [-0.15, -0.1) is 0 Å². The van der Waals surface area contributed by atoms with E-state index in [4.69, 9.17) is 13.9 Å². The fourth-order valence-corrected chi connectivity index (χ4v) is 4.44. The van der Waals surface area contributed by atoms with Crippen molar-refractivity contribution in [2.24, 2.45) is 0 Å². The van der Waals surface area contributed by atoms with Crippen molar-refractivity contribution in [3.05, 3.63) is 57.5 Å². The first kappa shape index (κ1) is 18.1. The Morgan fingerprint density at radius 2 is 2.00 bits per heavy atom. The summed E-state index contributed by atoms with van der Waals surface area (Å²) < 4.78 is 17.5. The first-order chi connectivity index (χ1) is 13.1. The normalized spacial score (nSPS) is 13.1. The van der Waals surface area contributed by atoms with E-state index in [-0.39, 0.29) is 5.91 Å². The molecule has 138 valence electrons. The number of fused-ring (bicyclic) bond motifs is 1. The van der Waals surface area contributed by atoms with Crippen LogP contribution < -0.4 is 14.4 Å². The van der Waals surface area contributed by atoms with Crippen LogP contribution in [0.2, 0.25) is 0 Å². The summed E-state index contributed by atoms with van der Waals surface area (Å²) >= 11 is 6.89. The average Bonchev–Trinajstić information content (AvgIpc) is 3.21. The SMILES string of the molecule is COc1c(Br)cc(C(=O)N2CCOc3ncc(-c4ccoc4)cc32)cc1Br. The van der Waals surface area contributed by atoms with E-state index < -0.39 is 0 Å². The molecule has 0 saturated carbocycles. The van der Waals surface area contributed by atoms with Crippen molar-refractivity contribution in [2.75, 3.05) is 25.2 Å². The van der Waals surface area contributed by atoms with Gasteiger partial charge < -0.3 is 18.8 Å². The van der Waals surface area contributed by atoms with Crippen molar-refractivity contribution in [3.63, 3.8) is 0 Å². The van der Waals surface area contributed by atoms with Crippen LogP contribution in [0, 0.1) is 0 Å². The predicted octanol–water partition coefficient (Wildman–Crippen LogP) is 4.91. The molecule has 8 heteroatoms. The molecule has 1 aromatic carbocycles. The summed E-state index contributed by atoms with van der Waals surface area (Å²) in [5, 5.41) is 0. The van der Waals surface area contributed by atoms with Crippen LogP contribution in [-0.4, -0.2) is 31.2 Å². The van der Waals surface area contributed by atoms with Gasteiger partial charge in [0.05, 0.1) is 35.1 Å². The van der Waals surface area contributed by atoms with Gasteiger partial charge in [-0.3, -0.25) is 4.79 Å². The van der Waals surface area contributed by atoms with Crippen LogP contribution in [0.1, 0.15) is 10.4 Å². The van der Waals surface area contributed by atoms with Crippen LogP contribution in [0.3, 0.4) is 0 Å². The van der Waals surface area contributed by atoms with Crippen LogP contribution in [0.4, 0.5) is 5.69 Å². The molecule has 1 amide bonds. The molecular weight excluding hydrogens is 480 g/mol. The average molecular weight is 494 g/mol. The first-order valence-electron chi connectivity index (χ1n) is 8.09. The van der Waals surface area contributed by atoms with Gasteiger partial charge in [0.15, 0.2) is 0 Å². The number of benzene rings is 1. The fourth-order valence-electron chi connectivity index (χ4n) is 2.93. The highest BCUT2D eigenvalue weighted by Crippen LogP contribution is 2.37. The molecular formula is C19H14Br2N2O4. The summed E-state index contributed by atoms with van der Waals surface area (Å²) in [6.45, 7) is 0.818.